The normalized spacial score (nSPS) is 10.4. The van der Waals surface area contributed by atoms with Gasteiger partial charge >= 0.3 is 12.0 Å². The average molecular weight is 368 g/mol. The molecule has 1 rings (SSSR count). The summed E-state index contributed by atoms with van der Waals surface area (Å²) in [5, 5.41) is 13.9. The fourth-order valence-electron chi connectivity index (χ4n) is 2.37. The number of aryl methyl sites for hydroxylation is 1. The van der Waals surface area contributed by atoms with Gasteiger partial charge in [0.15, 0.2) is 0 Å². The Labute approximate surface area is 152 Å². The molecule has 0 spiro atoms. The number of H-pyrrole nitrogens is 1. The van der Waals surface area contributed by atoms with Gasteiger partial charge in [0.2, 0.25) is 5.95 Å². The number of aromatic nitrogens is 2. The Morgan fingerprint density at radius 3 is 2.62 bits per heavy atom. The SMILES string of the molecule is CCOC(=O)CCc1c(C)nc(NC(=O)NCCCCCCO)[nH]c1=O. The van der Waals surface area contributed by atoms with Crippen molar-refractivity contribution in [1.82, 2.24) is 15.3 Å². The summed E-state index contributed by atoms with van der Waals surface area (Å²) in [7, 11) is 0. The van der Waals surface area contributed by atoms with Gasteiger partial charge in [0.25, 0.3) is 5.56 Å². The molecule has 9 nitrogen and oxygen atoms in total. The third kappa shape index (κ3) is 8.11. The molecule has 0 aliphatic rings. The third-order valence-electron chi connectivity index (χ3n) is 3.71. The molecule has 1 aromatic rings. The Bertz CT molecular complexity index is 645. The van der Waals surface area contributed by atoms with Crippen molar-refractivity contribution >= 4 is 17.9 Å². The molecule has 0 saturated carbocycles. The number of carbonyl (C=O) groups excluding carboxylic acids is 2. The minimum Gasteiger partial charge on any atom is -0.466 e. The number of esters is 1. The van der Waals surface area contributed by atoms with Crippen LogP contribution in [0.4, 0.5) is 10.7 Å². The van der Waals surface area contributed by atoms with Crippen molar-refractivity contribution in [2.45, 2.75) is 52.4 Å². The number of aromatic amines is 1. The second-order valence-corrected chi connectivity index (χ2v) is 5.80. The molecule has 0 bridgehead atoms. The minimum atomic E-state index is -0.450. The maximum atomic E-state index is 12.1. The standard InChI is InChI=1S/C17H28N4O5/c1-3-26-14(23)9-8-13-12(2)19-16(20-15(13)24)21-17(25)18-10-6-4-5-7-11-22/h22H,3-11H2,1-2H3,(H3,18,19,20,21,24,25). The fourth-order valence-corrected chi connectivity index (χ4v) is 2.37. The lowest BCUT2D eigenvalue weighted by Crippen LogP contribution is -2.31. The Kier molecular flexibility index (Phi) is 9.99. The molecule has 0 aliphatic heterocycles. The molecule has 1 heterocycles. The number of hydrogen-bond donors (Lipinski definition) is 4. The van der Waals surface area contributed by atoms with Gasteiger partial charge < -0.3 is 15.2 Å². The van der Waals surface area contributed by atoms with Crippen molar-refractivity contribution in [2.24, 2.45) is 0 Å². The number of urea groups is 1. The van der Waals surface area contributed by atoms with E-state index in [9.17, 15) is 14.4 Å². The van der Waals surface area contributed by atoms with Crippen LogP contribution in [0.5, 0.6) is 0 Å². The monoisotopic (exact) mass is 368 g/mol. The highest BCUT2D eigenvalue weighted by Gasteiger charge is 2.12. The summed E-state index contributed by atoms with van der Waals surface area (Å²) in [4.78, 5) is 42.0. The van der Waals surface area contributed by atoms with Crippen molar-refractivity contribution in [1.29, 1.82) is 0 Å². The highest BCUT2D eigenvalue weighted by molar-refractivity contribution is 5.87. The van der Waals surface area contributed by atoms with Gasteiger partial charge in [-0.25, -0.2) is 9.78 Å². The van der Waals surface area contributed by atoms with Crippen molar-refractivity contribution < 1.29 is 19.4 Å². The molecule has 1 aromatic heterocycles. The Morgan fingerprint density at radius 1 is 1.23 bits per heavy atom. The Morgan fingerprint density at radius 2 is 1.96 bits per heavy atom. The zero-order chi connectivity index (χ0) is 19.4. The van der Waals surface area contributed by atoms with Gasteiger partial charge in [-0.1, -0.05) is 12.8 Å². The number of nitrogens with one attached hydrogen (secondary N) is 3. The van der Waals surface area contributed by atoms with E-state index < -0.39 is 6.03 Å². The molecule has 26 heavy (non-hydrogen) atoms. The number of ether oxygens (including phenoxy) is 1. The van der Waals surface area contributed by atoms with Crippen LogP contribution in [0.15, 0.2) is 4.79 Å². The number of amides is 2. The molecule has 0 unspecified atom stereocenters. The zero-order valence-corrected chi connectivity index (χ0v) is 15.4. The molecule has 146 valence electrons. The number of aliphatic hydroxyl groups excluding tert-OH is 1. The van der Waals surface area contributed by atoms with Crippen LogP contribution < -0.4 is 16.2 Å². The van der Waals surface area contributed by atoms with E-state index in [0.717, 1.165) is 25.7 Å². The van der Waals surface area contributed by atoms with Crippen LogP contribution in [0.3, 0.4) is 0 Å². The molecule has 0 radical (unpaired) electrons. The van der Waals surface area contributed by atoms with Crippen LogP contribution >= 0.6 is 0 Å². The van der Waals surface area contributed by atoms with E-state index >= 15 is 0 Å². The lowest BCUT2D eigenvalue weighted by Gasteiger charge is -2.09. The second kappa shape index (κ2) is 12.0. The van der Waals surface area contributed by atoms with Gasteiger partial charge in [-0.05, 0) is 33.1 Å². The quantitative estimate of drug-likeness (QED) is 0.343. The zero-order valence-electron chi connectivity index (χ0n) is 15.4. The number of anilines is 1. The molecule has 0 atom stereocenters. The van der Waals surface area contributed by atoms with Crippen LogP contribution in [0, 0.1) is 6.92 Å². The molecule has 0 saturated heterocycles. The van der Waals surface area contributed by atoms with Crippen molar-refractivity contribution in [3.8, 4) is 0 Å². The first-order valence-corrected chi connectivity index (χ1v) is 8.89. The molecule has 0 aliphatic carbocycles. The van der Waals surface area contributed by atoms with E-state index in [4.69, 9.17) is 9.84 Å². The number of unbranched alkanes of at least 4 members (excludes halogenated alkanes) is 3. The molecule has 0 fully saturated rings. The van der Waals surface area contributed by atoms with Gasteiger partial charge in [0.1, 0.15) is 0 Å². The first-order chi connectivity index (χ1) is 12.5. The van der Waals surface area contributed by atoms with E-state index in [-0.39, 0.29) is 36.9 Å². The van der Waals surface area contributed by atoms with Gasteiger partial charge in [-0.3, -0.25) is 19.9 Å². The number of nitrogens with zero attached hydrogens (tertiary/aromatic N) is 1. The first-order valence-electron chi connectivity index (χ1n) is 8.89. The van der Waals surface area contributed by atoms with Crippen LogP contribution in [0.25, 0.3) is 0 Å². The highest BCUT2D eigenvalue weighted by Crippen LogP contribution is 2.06. The summed E-state index contributed by atoms with van der Waals surface area (Å²) in [6, 6.07) is -0.450. The van der Waals surface area contributed by atoms with Gasteiger partial charge in [-0.15, -0.1) is 0 Å². The fraction of sp³-hybridized carbons (Fsp3) is 0.647. The van der Waals surface area contributed by atoms with Crippen LogP contribution in [0.1, 0.15) is 50.3 Å². The topological polar surface area (TPSA) is 133 Å². The van der Waals surface area contributed by atoms with Crippen LogP contribution in [0.2, 0.25) is 0 Å². The maximum Gasteiger partial charge on any atom is 0.321 e. The molecular weight excluding hydrogens is 340 g/mol. The number of aliphatic hydroxyl groups is 1. The maximum absolute atomic E-state index is 12.1. The molecule has 0 aromatic carbocycles. The van der Waals surface area contributed by atoms with E-state index in [1.807, 2.05) is 0 Å². The largest absolute Gasteiger partial charge is 0.466 e. The minimum absolute atomic E-state index is 0.0603. The van der Waals surface area contributed by atoms with E-state index in [1.165, 1.54) is 0 Å². The van der Waals surface area contributed by atoms with Crippen LogP contribution in [-0.4, -0.2) is 46.8 Å². The Hall–Kier alpha value is -2.42. The summed E-state index contributed by atoms with van der Waals surface area (Å²) in [6.45, 7) is 4.35. The summed E-state index contributed by atoms with van der Waals surface area (Å²) in [5.74, 6) is -0.308. The van der Waals surface area contributed by atoms with E-state index in [2.05, 4.69) is 20.6 Å². The summed E-state index contributed by atoms with van der Waals surface area (Å²) in [6.07, 6.45) is 3.74. The van der Waals surface area contributed by atoms with Crippen molar-refractivity contribution in [3.63, 3.8) is 0 Å². The van der Waals surface area contributed by atoms with E-state index in [0.29, 0.717) is 24.4 Å². The number of hydrogen-bond acceptors (Lipinski definition) is 6. The van der Waals surface area contributed by atoms with Gasteiger partial charge in [0, 0.05) is 30.8 Å². The molecule has 9 heteroatoms. The second-order valence-electron chi connectivity index (χ2n) is 5.80. The smallest absolute Gasteiger partial charge is 0.321 e. The van der Waals surface area contributed by atoms with Crippen LogP contribution in [-0.2, 0) is 16.0 Å². The Balaban J connectivity index is 2.49. The number of rotatable bonds is 11. The lowest BCUT2D eigenvalue weighted by atomic mass is 10.1. The van der Waals surface area contributed by atoms with Gasteiger partial charge in [0.05, 0.1) is 6.61 Å². The summed E-state index contributed by atoms with van der Waals surface area (Å²) in [5.41, 5.74) is 0.464. The average Bonchev–Trinajstić information content (AvgIpc) is 2.57. The first kappa shape index (κ1) is 21.6. The van der Waals surface area contributed by atoms with Gasteiger partial charge in [-0.2, -0.15) is 0 Å². The lowest BCUT2D eigenvalue weighted by molar-refractivity contribution is -0.143. The molecule has 2 amide bonds. The number of carbonyl (C=O) groups is 2. The van der Waals surface area contributed by atoms with E-state index in [1.54, 1.807) is 13.8 Å². The van der Waals surface area contributed by atoms with Crippen molar-refractivity contribution in [3.05, 3.63) is 21.6 Å². The third-order valence-corrected chi connectivity index (χ3v) is 3.71. The predicted molar refractivity (Wildman–Crippen MR) is 97.1 cm³/mol. The van der Waals surface area contributed by atoms with Crippen molar-refractivity contribution in [2.75, 3.05) is 25.1 Å². The highest BCUT2D eigenvalue weighted by atomic mass is 16.5. The molecule has 4 N–H and O–H groups in total. The molecular formula is C17H28N4O5. The summed E-state index contributed by atoms with van der Waals surface area (Å²) < 4.78 is 4.84. The summed E-state index contributed by atoms with van der Waals surface area (Å²) >= 11 is 0. The predicted octanol–water partition coefficient (Wildman–Crippen LogP) is 1.25.